The van der Waals surface area contributed by atoms with Crippen molar-refractivity contribution in [2.45, 2.75) is 26.3 Å². The number of carbonyl (C=O) groups is 1. The fraction of sp³-hybridized carbons (Fsp3) is 0.923. The molecule has 0 unspecified atom stereocenters. The maximum atomic E-state index is 11.9. The van der Waals surface area contributed by atoms with Crippen molar-refractivity contribution in [2.75, 3.05) is 53.1 Å². The highest BCUT2D eigenvalue weighted by Gasteiger charge is 2.27. The Hall–Kier alpha value is -0.650. The van der Waals surface area contributed by atoms with Gasteiger partial charge in [0.2, 0.25) is 5.91 Å². The first-order valence-corrected chi connectivity index (χ1v) is 6.54. The van der Waals surface area contributed by atoms with Crippen LogP contribution in [0.2, 0.25) is 0 Å². The second-order valence-electron chi connectivity index (χ2n) is 5.58. The van der Waals surface area contributed by atoms with Gasteiger partial charge in [-0.1, -0.05) is 0 Å². The minimum absolute atomic E-state index is 0.0830. The normalized spacial score (nSPS) is 18.1. The summed E-state index contributed by atoms with van der Waals surface area (Å²) >= 11 is 0. The Bertz CT molecular complexity index is 255. The number of piperazine rings is 1. The van der Waals surface area contributed by atoms with Gasteiger partial charge >= 0.3 is 0 Å². The van der Waals surface area contributed by atoms with E-state index in [1.807, 2.05) is 4.90 Å². The lowest BCUT2D eigenvalue weighted by Gasteiger charge is -2.42. The molecule has 1 amide bonds. The van der Waals surface area contributed by atoms with Crippen LogP contribution in [0, 0.1) is 0 Å². The number of amides is 1. The van der Waals surface area contributed by atoms with Crippen LogP contribution >= 0.6 is 0 Å². The van der Waals surface area contributed by atoms with Crippen molar-refractivity contribution in [3.8, 4) is 0 Å². The van der Waals surface area contributed by atoms with Gasteiger partial charge in [-0.3, -0.25) is 9.69 Å². The largest absolute Gasteiger partial charge is 0.382 e. The highest BCUT2D eigenvalue weighted by atomic mass is 16.5. The molecule has 1 aliphatic rings. The summed E-state index contributed by atoms with van der Waals surface area (Å²) in [5.74, 6) is 0.0830. The molecule has 5 nitrogen and oxygen atoms in total. The van der Waals surface area contributed by atoms with Gasteiger partial charge in [0.1, 0.15) is 6.61 Å². The fourth-order valence-corrected chi connectivity index (χ4v) is 2.02. The van der Waals surface area contributed by atoms with E-state index in [9.17, 15) is 4.79 Å². The number of hydrogen-bond acceptors (Lipinski definition) is 4. The average molecular weight is 258 g/mol. The lowest BCUT2D eigenvalue weighted by atomic mass is 10.1. The first kappa shape index (κ1) is 15.4. The topological polar surface area (TPSA) is 42.0 Å². The number of carbonyl (C=O) groups excluding carboxylic acids is 1. The van der Waals surface area contributed by atoms with E-state index in [1.54, 1.807) is 7.11 Å². The van der Waals surface area contributed by atoms with Crippen molar-refractivity contribution in [1.82, 2.24) is 9.80 Å². The molecule has 1 saturated heterocycles. The number of ether oxygens (including phenoxy) is 2. The van der Waals surface area contributed by atoms with Crippen molar-refractivity contribution in [2.24, 2.45) is 0 Å². The molecule has 0 atom stereocenters. The zero-order chi connectivity index (χ0) is 13.6. The lowest BCUT2D eigenvalue weighted by Crippen LogP contribution is -2.55. The van der Waals surface area contributed by atoms with Crippen LogP contribution in [0.25, 0.3) is 0 Å². The summed E-state index contributed by atoms with van der Waals surface area (Å²) in [7, 11) is 1.62. The zero-order valence-electron chi connectivity index (χ0n) is 12.1. The molecule has 1 heterocycles. The van der Waals surface area contributed by atoms with E-state index < -0.39 is 0 Å². The van der Waals surface area contributed by atoms with Gasteiger partial charge in [0.05, 0.1) is 13.2 Å². The number of rotatable bonds is 5. The van der Waals surface area contributed by atoms with Gasteiger partial charge in [0.25, 0.3) is 0 Å². The molecule has 0 radical (unpaired) electrons. The van der Waals surface area contributed by atoms with Crippen LogP contribution in [0.1, 0.15) is 20.8 Å². The summed E-state index contributed by atoms with van der Waals surface area (Å²) in [5.41, 5.74) is 0.185. The van der Waals surface area contributed by atoms with Crippen molar-refractivity contribution < 1.29 is 14.3 Å². The van der Waals surface area contributed by atoms with Gasteiger partial charge < -0.3 is 14.4 Å². The predicted octanol–water partition coefficient (Wildman–Crippen LogP) is 0.592. The first-order valence-electron chi connectivity index (χ1n) is 6.54. The quantitative estimate of drug-likeness (QED) is 0.677. The summed E-state index contributed by atoms with van der Waals surface area (Å²) in [6.07, 6.45) is 0. The van der Waals surface area contributed by atoms with Crippen LogP contribution in [0.15, 0.2) is 0 Å². The minimum Gasteiger partial charge on any atom is -0.382 e. The van der Waals surface area contributed by atoms with Gasteiger partial charge in [0.15, 0.2) is 0 Å². The fourth-order valence-electron chi connectivity index (χ4n) is 2.02. The van der Waals surface area contributed by atoms with E-state index in [0.717, 1.165) is 26.2 Å². The molecular formula is C13H26N2O3. The van der Waals surface area contributed by atoms with Crippen molar-refractivity contribution in [1.29, 1.82) is 0 Å². The maximum absolute atomic E-state index is 11.9. The monoisotopic (exact) mass is 258 g/mol. The molecule has 18 heavy (non-hydrogen) atoms. The Labute approximate surface area is 110 Å². The molecule has 0 bridgehead atoms. The minimum atomic E-state index is 0.0830. The van der Waals surface area contributed by atoms with E-state index >= 15 is 0 Å². The third kappa shape index (κ3) is 4.92. The molecule has 0 aromatic rings. The van der Waals surface area contributed by atoms with Crippen LogP contribution in [0.3, 0.4) is 0 Å². The molecule has 106 valence electrons. The Morgan fingerprint density at radius 1 is 1.11 bits per heavy atom. The summed E-state index contributed by atoms with van der Waals surface area (Å²) in [5, 5.41) is 0. The van der Waals surface area contributed by atoms with Crippen LogP contribution in [0.4, 0.5) is 0 Å². The highest BCUT2D eigenvalue weighted by Crippen LogP contribution is 2.15. The number of hydrogen-bond donors (Lipinski definition) is 0. The molecule has 0 spiro atoms. The second kappa shape index (κ2) is 7.07. The summed E-state index contributed by atoms with van der Waals surface area (Å²) in [6.45, 7) is 11.3. The Balaban J connectivity index is 2.23. The molecular weight excluding hydrogens is 232 g/mol. The summed E-state index contributed by atoms with van der Waals surface area (Å²) < 4.78 is 10.1. The zero-order valence-corrected chi connectivity index (χ0v) is 12.1. The third-order valence-electron chi connectivity index (χ3n) is 3.24. The SMILES string of the molecule is COCCOCC(=O)N1CCN(C(C)(C)C)CC1. The van der Waals surface area contributed by atoms with E-state index in [-0.39, 0.29) is 18.1 Å². The van der Waals surface area contributed by atoms with E-state index in [1.165, 1.54) is 0 Å². The molecule has 0 saturated carbocycles. The standard InChI is InChI=1S/C13H26N2O3/c1-13(2,3)15-7-5-14(6-8-15)12(16)11-18-10-9-17-4/h5-11H2,1-4H3. The van der Waals surface area contributed by atoms with E-state index in [4.69, 9.17) is 9.47 Å². The number of methoxy groups -OCH3 is 1. The first-order chi connectivity index (χ1) is 8.45. The smallest absolute Gasteiger partial charge is 0.248 e. The summed E-state index contributed by atoms with van der Waals surface area (Å²) in [4.78, 5) is 16.1. The second-order valence-corrected chi connectivity index (χ2v) is 5.58. The molecule has 0 aromatic heterocycles. The lowest BCUT2D eigenvalue weighted by molar-refractivity contribution is -0.139. The van der Waals surface area contributed by atoms with Crippen LogP contribution in [-0.2, 0) is 14.3 Å². The van der Waals surface area contributed by atoms with E-state index in [2.05, 4.69) is 25.7 Å². The molecule has 1 fully saturated rings. The Morgan fingerprint density at radius 3 is 2.22 bits per heavy atom. The van der Waals surface area contributed by atoms with Crippen molar-refractivity contribution in [3.63, 3.8) is 0 Å². The summed E-state index contributed by atoms with van der Waals surface area (Å²) in [6, 6.07) is 0. The van der Waals surface area contributed by atoms with Gasteiger partial charge in [-0.05, 0) is 20.8 Å². The third-order valence-corrected chi connectivity index (χ3v) is 3.24. The Morgan fingerprint density at radius 2 is 1.72 bits per heavy atom. The van der Waals surface area contributed by atoms with Gasteiger partial charge in [-0.25, -0.2) is 0 Å². The van der Waals surface area contributed by atoms with E-state index in [0.29, 0.717) is 13.2 Å². The Kier molecular flexibility index (Phi) is 6.05. The van der Waals surface area contributed by atoms with Gasteiger partial charge in [-0.2, -0.15) is 0 Å². The van der Waals surface area contributed by atoms with Crippen LogP contribution in [0.5, 0.6) is 0 Å². The molecule has 0 N–H and O–H groups in total. The number of nitrogens with zero attached hydrogens (tertiary/aromatic N) is 2. The van der Waals surface area contributed by atoms with Gasteiger partial charge in [-0.15, -0.1) is 0 Å². The van der Waals surface area contributed by atoms with Crippen molar-refractivity contribution in [3.05, 3.63) is 0 Å². The maximum Gasteiger partial charge on any atom is 0.248 e. The molecule has 1 aliphatic heterocycles. The molecule has 5 heteroatoms. The predicted molar refractivity (Wildman–Crippen MR) is 70.6 cm³/mol. The van der Waals surface area contributed by atoms with Gasteiger partial charge in [0, 0.05) is 38.8 Å². The molecule has 0 aliphatic carbocycles. The molecule has 1 rings (SSSR count). The highest BCUT2D eigenvalue weighted by molar-refractivity contribution is 5.77. The molecule has 0 aromatic carbocycles. The van der Waals surface area contributed by atoms with Crippen LogP contribution in [-0.4, -0.2) is 74.4 Å². The van der Waals surface area contributed by atoms with Crippen molar-refractivity contribution >= 4 is 5.91 Å². The average Bonchev–Trinajstić information content (AvgIpc) is 2.33. The van der Waals surface area contributed by atoms with Crippen LogP contribution < -0.4 is 0 Å².